The number of likely N-dealkylation sites (tertiary alicyclic amines) is 1. The van der Waals surface area contributed by atoms with Gasteiger partial charge in [0.05, 0.1) is 11.5 Å². The molecular formula is C22H30N6O4. The summed E-state index contributed by atoms with van der Waals surface area (Å²) < 4.78 is 4.83. The van der Waals surface area contributed by atoms with Crippen LogP contribution in [-0.4, -0.2) is 61.8 Å². The van der Waals surface area contributed by atoms with Crippen LogP contribution in [0, 0.1) is 11.3 Å². The molecule has 172 valence electrons. The van der Waals surface area contributed by atoms with Gasteiger partial charge in [-0.1, -0.05) is 6.58 Å². The molecule has 1 atom stereocenters. The second kappa shape index (κ2) is 11.1. The molecule has 0 bridgehead atoms. The van der Waals surface area contributed by atoms with E-state index in [1.165, 1.54) is 11.2 Å². The van der Waals surface area contributed by atoms with Crippen LogP contribution in [0.2, 0.25) is 0 Å². The van der Waals surface area contributed by atoms with E-state index in [2.05, 4.69) is 32.9 Å². The van der Waals surface area contributed by atoms with Crippen molar-refractivity contribution in [3.63, 3.8) is 0 Å². The second-order valence-electron chi connectivity index (χ2n) is 8.37. The van der Waals surface area contributed by atoms with Crippen molar-refractivity contribution in [3.05, 3.63) is 30.7 Å². The summed E-state index contributed by atoms with van der Waals surface area (Å²) in [5.41, 5.74) is 1.32. The number of carbonyl (C=O) groups excluding carboxylic acids is 1. The highest BCUT2D eigenvalue weighted by molar-refractivity contribution is 5.90. The first-order valence-electron chi connectivity index (χ1n) is 10.4. The van der Waals surface area contributed by atoms with Crippen LogP contribution in [0.4, 0.5) is 10.6 Å². The summed E-state index contributed by atoms with van der Waals surface area (Å²) in [6.45, 7) is 9.73. The fourth-order valence-corrected chi connectivity index (χ4v) is 3.33. The van der Waals surface area contributed by atoms with Crippen LogP contribution in [0.5, 0.6) is 0 Å². The number of nitriles is 1. The molecule has 3 rings (SSSR count). The third kappa shape index (κ3) is 7.27. The molecule has 10 heteroatoms. The summed E-state index contributed by atoms with van der Waals surface area (Å²) >= 11 is 0. The maximum absolute atomic E-state index is 11.1. The number of nitrogens with zero attached hydrogens (tertiary/aromatic N) is 4. The molecule has 3 heterocycles. The van der Waals surface area contributed by atoms with Gasteiger partial charge in [-0.25, -0.2) is 19.6 Å². The van der Waals surface area contributed by atoms with E-state index < -0.39 is 11.7 Å². The van der Waals surface area contributed by atoms with Gasteiger partial charge in [-0.05, 0) is 45.6 Å². The fourth-order valence-electron chi connectivity index (χ4n) is 3.33. The highest BCUT2D eigenvalue weighted by Crippen LogP contribution is 2.26. The summed E-state index contributed by atoms with van der Waals surface area (Å²) in [4.78, 5) is 34.7. The number of aromatic amines is 1. The van der Waals surface area contributed by atoms with E-state index in [1.54, 1.807) is 0 Å². The Kier molecular flexibility index (Phi) is 8.58. The molecule has 3 N–H and O–H groups in total. The van der Waals surface area contributed by atoms with Crippen molar-refractivity contribution in [1.82, 2.24) is 19.9 Å². The molecule has 0 radical (unpaired) electrons. The Morgan fingerprint density at radius 3 is 2.81 bits per heavy atom. The molecule has 0 spiro atoms. The molecular weight excluding hydrogens is 412 g/mol. The molecule has 2 aromatic rings. The summed E-state index contributed by atoms with van der Waals surface area (Å²) in [6.07, 6.45) is 6.38. The molecule has 32 heavy (non-hydrogen) atoms. The minimum Gasteiger partial charge on any atom is -0.465 e. The number of carboxylic acid groups (broad SMARTS) is 1. The number of fused-ring (bicyclic) bond motifs is 1. The summed E-state index contributed by atoms with van der Waals surface area (Å²) in [5.74, 6) is 0.323. The van der Waals surface area contributed by atoms with E-state index in [0.717, 1.165) is 35.5 Å². The number of carbonyl (C=O) groups is 2. The lowest BCUT2D eigenvalue weighted by atomic mass is 10.1. The number of ether oxygens (including phenoxy) is 1. The zero-order valence-electron chi connectivity index (χ0n) is 18.7. The van der Waals surface area contributed by atoms with Gasteiger partial charge < -0.3 is 25.0 Å². The largest absolute Gasteiger partial charge is 0.465 e. The van der Waals surface area contributed by atoms with Gasteiger partial charge in [0.15, 0.2) is 0 Å². The first-order chi connectivity index (χ1) is 15.1. The number of esters is 1. The number of aryl methyl sites for hydroxylation is 1. The Bertz CT molecular complexity index is 988. The Hall–Kier alpha value is -3.61. The van der Waals surface area contributed by atoms with E-state index in [0.29, 0.717) is 31.7 Å². The monoisotopic (exact) mass is 442 g/mol. The molecule has 1 aliphatic rings. The number of hydrogen-bond donors (Lipinski definition) is 3. The van der Waals surface area contributed by atoms with Gasteiger partial charge >= 0.3 is 12.1 Å². The topological polar surface area (TPSA) is 144 Å². The third-order valence-corrected chi connectivity index (χ3v) is 4.66. The SMILES string of the molecule is C=CC(=O)OC(C)(C)C.N#CCCc1c[nH]c2ncnc(N[C@@H]3CCCN(C(=O)O)C3)c12. The van der Waals surface area contributed by atoms with Crippen molar-refractivity contribution >= 4 is 28.9 Å². The van der Waals surface area contributed by atoms with Crippen LogP contribution >= 0.6 is 0 Å². The van der Waals surface area contributed by atoms with Crippen molar-refractivity contribution in [2.45, 2.75) is 58.1 Å². The minimum absolute atomic E-state index is 0.0247. The standard InChI is InChI=1S/C15H18N6O2.C7H12O2/c16-5-1-3-10-7-17-13-12(10)14(19-9-18-13)20-11-4-2-6-21(8-11)15(22)23;1-5-6(8)9-7(2,3)4/h7,9,11H,1-4,6,8H2,(H,22,23)(H2,17,18,19,20);5H,1H2,2-4H3/t11-;/m1./s1. The predicted molar refractivity (Wildman–Crippen MR) is 120 cm³/mol. The first-order valence-corrected chi connectivity index (χ1v) is 10.4. The number of anilines is 1. The highest BCUT2D eigenvalue weighted by atomic mass is 16.6. The maximum Gasteiger partial charge on any atom is 0.407 e. The Labute approximate surface area is 187 Å². The molecule has 2 aromatic heterocycles. The van der Waals surface area contributed by atoms with Gasteiger partial charge in [-0.3, -0.25) is 0 Å². The zero-order valence-corrected chi connectivity index (χ0v) is 18.7. The van der Waals surface area contributed by atoms with E-state index in [4.69, 9.17) is 15.1 Å². The molecule has 0 aromatic carbocycles. The number of amides is 1. The Morgan fingerprint density at radius 2 is 2.22 bits per heavy atom. The lowest BCUT2D eigenvalue weighted by Crippen LogP contribution is -2.44. The molecule has 0 unspecified atom stereocenters. The van der Waals surface area contributed by atoms with Gasteiger partial charge in [0.25, 0.3) is 0 Å². The first kappa shape index (κ1) is 24.7. The number of H-pyrrole nitrogens is 1. The van der Waals surface area contributed by atoms with Crippen molar-refractivity contribution in [2.75, 3.05) is 18.4 Å². The molecule has 0 saturated carbocycles. The lowest BCUT2D eigenvalue weighted by Gasteiger charge is -2.31. The molecule has 1 amide bonds. The van der Waals surface area contributed by atoms with Gasteiger partial charge in [-0.2, -0.15) is 5.26 Å². The summed E-state index contributed by atoms with van der Waals surface area (Å²) in [7, 11) is 0. The molecule has 1 saturated heterocycles. The molecule has 1 aliphatic heterocycles. The van der Waals surface area contributed by atoms with E-state index in [-0.39, 0.29) is 12.0 Å². The van der Waals surface area contributed by atoms with E-state index >= 15 is 0 Å². The number of aromatic nitrogens is 3. The van der Waals surface area contributed by atoms with E-state index in [1.807, 2.05) is 27.0 Å². The van der Waals surface area contributed by atoms with Gasteiger partial charge in [0.1, 0.15) is 23.4 Å². The van der Waals surface area contributed by atoms with Gasteiger partial charge in [0, 0.05) is 37.8 Å². The van der Waals surface area contributed by atoms with Crippen molar-refractivity contribution in [2.24, 2.45) is 0 Å². The van der Waals surface area contributed by atoms with Gasteiger partial charge in [0.2, 0.25) is 0 Å². The van der Waals surface area contributed by atoms with Gasteiger partial charge in [-0.15, -0.1) is 0 Å². The molecule has 10 nitrogen and oxygen atoms in total. The minimum atomic E-state index is -0.888. The lowest BCUT2D eigenvalue weighted by molar-refractivity contribution is -0.148. The normalized spacial score (nSPS) is 15.8. The van der Waals surface area contributed by atoms with Crippen LogP contribution in [0.25, 0.3) is 11.0 Å². The maximum atomic E-state index is 11.1. The fraction of sp³-hybridized carbons (Fsp3) is 0.500. The average Bonchev–Trinajstić information content (AvgIpc) is 3.16. The number of piperidine rings is 1. The van der Waals surface area contributed by atoms with Crippen molar-refractivity contribution < 1.29 is 19.4 Å². The Morgan fingerprint density at radius 1 is 1.47 bits per heavy atom. The summed E-state index contributed by atoms with van der Waals surface area (Å²) in [5, 5.41) is 22.2. The van der Waals surface area contributed by atoms with Crippen LogP contribution in [-0.2, 0) is 16.0 Å². The quantitative estimate of drug-likeness (QED) is 0.471. The summed E-state index contributed by atoms with van der Waals surface area (Å²) in [6, 6.07) is 2.17. The highest BCUT2D eigenvalue weighted by Gasteiger charge is 2.24. The zero-order chi connectivity index (χ0) is 23.7. The van der Waals surface area contributed by atoms with E-state index in [9.17, 15) is 9.59 Å². The number of nitrogens with one attached hydrogen (secondary N) is 2. The Balaban J connectivity index is 0.000000344. The number of rotatable bonds is 5. The molecule has 1 fully saturated rings. The number of hydrogen-bond acceptors (Lipinski definition) is 7. The van der Waals surface area contributed by atoms with Crippen LogP contribution in [0.15, 0.2) is 25.2 Å². The average molecular weight is 443 g/mol. The van der Waals surface area contributed by atoms with Crippen LogP contribution in [0.3, 0.4) is 0 Å². The predicted octanol–water partition coefficient (Wildman–Crippen LogP) is 3.48. The molecule has 0 aliphatic carbocycles. The second-order valence-corrected chi connectivity index (χ2v) is 8.37. The van der Waals surface area contributed by atoms with Crippen molar-refractivity contribution in [1.29, 1.82) is 5.26 Å². The van der Waals surface area contributed by atoms with Crippen molar-refractivity contribution in [3.8, 4) is 6.07 Å². The smallest absolute Gasteiger partial charge is 0.407 e. The third-order valence-electron chi connectivity index (χ3n) is 4.66. The van der Waals surface area contributed by atoms with Crippen LogP contribution in [0.1, 0.15) is 45.6 Å². The van der Waals surface area contributed by atoms with Crippen LogP contribution < -0.4 is 5.32 Å².